The molecule has 0 aliphatic carbocycles. The second-order valence-electron chi connectivity index (χ2n) is 7.85. The maximum absolute atomic E-state index is 12.6. The first-order valence-electron chi connectivity index (χ1n) is 10.5. The van der Waals surface area contributed by atoms with Gasteiger partial charge >= 0.3 is 0 Å². The standard InChI is InChI=1S/C24H26N4O3/c29-22(11-10-16-6-2-1-3-7-16)24(31)28-19-13-21(26-15-19)23(30)27-18-12-17-8-4-5-9-20(17)25-14-18/h1-9,12,14,19,21-22,26,29H,10-11,13,15H2,(H,27,30)(H,28,31). The van der Waals surface area contributed by atoms with Crippen molar-refractivity contribution in [2.24, 2.45) is 0 Å². The predicted molar refractivity (Wildman–Crippen MR) is 119 cm³/mol. The van der Waals surface area contributed by atoms with Crippen molar-refractivity contribution in [1.82, 2.24) is 15.6 Å². The minimum atomic E-state index is -1.07. The zero-order valence-corrected chi connectivity index (χ0v) is 17.1. The van der Waals surface area contributed by atoms with Crippen LogP contribution in [0.2, 0.25) is 0 Å². The van der Waals surface area contributed by atoms with Gasteiger partial charge in [0.05, 0.1) is 23.4 Å². The van der Waals surface area contributed by atoms with E-state index in [4.69, 9.17) is 0 Å². The van der Waals surface area contributed by atoms with Crippen molar-refractivity contribution in [1.29, 1.82) is 0 Å². The molecule has 2 heterocycles. The molecule has 0 saturated carbocycles. The van der Waals surface area contributed by atoms with Gasteiger partial charge in [-0.3, -0.25) is 14.6 Å². The van der Waals surface area contributed by atoms with E-state index in [-0.39, 0.29) is 11.9 Å². The van der Waals surface area contributed by atoms with Crippen LogP contribution in [0.4, 0.5) is 5.69 Å². The Labute approximate surface area is 180 Å². The van der Waals surface area contributed by atoms with Crippen molar-refractivity contribution in [2.45, 2.75) is 37.5 Å². The Bertz CT molecular complexity index is 1060. The Morgan fingerprint density at radius 2 is 1.90 bits per heavy atom. The Hall–Kier alpha value is -3.29. The van der Waals surface area contributed by atoms with E-state index < -0.39 is 18.1 Å². The monoisotopic (exact) mass is 418 g/mol. The molecule has 1 aliphatic rings. The summed E-state index contributed by atoms with van der Waals surface area (Å²) in [6, 6.07) is 18.7. The molecule has 7 heteroatoms. The van der Waals surface area contributed by atoms with Crippen molar-refractivity contribution in [3.63, 3.8) is 0 Å². The first kappa shape index (κ1) is 21.0. The normalized spacial score (nSPS) is 19.1. The van der Waals surface area contributed by atoms with Gasteiger partial charge in [-0.25, -0.2) is 0 Å². The zero-order chi connectivity index (χ0) is 21.6. The third-order valence-corrected chi connectivity index (χ3v) is 5.50. The molecule has 2 aromatic carbocycles. The van der Waals surface area contributed by atoms with Crippen LogP contribution >= 0.6 is 0 Å². The lowest BCUT2D eigenvalue weighted by atomic mass is 10.1. The van der Waals surface area contributed by atoms with Gasteiger partial charge in [0.25, 0.3) is 0 Å². The molecule has 4 rings (SSSR count). The number of pyridine rings is 1. The summed E-state index contributed by atoms with van der Waals surface area (Å²) in [5, 5.41) is 20.0. The predicted octanol–water partition coefficient (Wildman–Crippen LogP) is 2.01. The number of nitrogens with one attached hydrogen (secondary N) is 3. The molecule has 3 atom stereocenters. The molecule has 7 nitrogen and oxygen atoms in total. The van der Waals surface area contributed by atoms with Crippen LogP contribution in [0.15, 0.2) is 66.9 Å². The van der Waals surface area contributed by atoms with Gasteiger partial charge in [0.15, 0.2) is 0 Å². The second-order valence-corrected chi connectivity index (χ2v) is 7.85. The first-order valence-corrected chi connectivity index (χ1v) is 10.5. The molecule has 1 aromatic heterocycles. The Kier molecular flexibility index (Phi) is 6.54. The maximum Gasteiger partial charge on any atom is 0.249 e. The molecule has 1 aliphatic heterocycles. The van der Waals surface area contributed by atoms with Gasteiger partial charge in [-0.1, -0.05) is 48.5 Å². The number of fused-ring (bicyclic) bond motifs is 1. The van der Waals surface area contributed by atoms with Gasteiger partial charge in [-0.05, 0) is 37.0 Å². The van der Waals surface area contributed by atoms with E-state index >= 15 is 0 Å². The molecule has 2 amide bonds. The van der Waals surface area contributed by atoms with E-state index in [1.807, 2.05) is 60.7 Å². The molecule has 1 saturated heterocycles. The number of aryl methyl sites for hydroxylation is 1. The van der Waals surface area contributed by atoms with E-state index in [2.05, 4.69) is 20.9 Å². The number of carbonyl (C=O) groups is 2. The highest BCUT2D eigenvalue weighted by atomic mass is 16.3. The van der Waals surface area contributed by atoms with Gasteiger partial charge in [-0.2, -0.15) is 0 Å². The fourth-order valence-corrected chi connectivity index (χ4v) is 3.79. The van der Waals surface area contributed by atoms with Crippen LogP contribution < -0.4 is 16.0 Å². The minimum absolute atomic E-state index is 0.168. The van der Waals surface area contributed by atoms with Crippen molar-refractivity contribution in [3.05, 3.63) is 72.4 Å². The summed E-state index contributed by atoms with van der Waals surface area (Å²) in [5.74, 6) is -0.569. The number of amides is 2. The molecular weight excluding hydrogens is 392 g/mol. The lowest BCUT2D eigenvalue weighted by molar-refractivity contribution is -0.130. The van der Waals surface area contributed by atoms with E-state index in [0.29, 0.717) is 31.5 Å². The molecule has 3 aromatic rings. The summed E-state index contributed by atoms with van der Waals surface area (Å²) in [6.07, 6.45) is 2.01. The number of hydrogen-bond donors (Lipinski definition) is 4. The summed E-state index contributed by atoms with van der Waals surface area (Å²) < 4.78 is 0. The first-order chi connectivity index (χ1) is 15.1. The van der Waals surface area contributed by atoms with Crippen molar-refractivity contribution in [3.8, 4) is 0 Å². The van der Waals surface area contributed by atoms with Gasteiger partial charge in [0, 0.05) is 18.0 Å². The second kappa shape index (κ2) is 9.68. The number of para-hydroxylation sites is 1. The van der Waals surface area contributed by atoms with E-state index in [1.165, 1.54) is 0 Å². The van der Waals surface area contributed by atoms with E-state index in [9.17, 15) is 14.7 Å². The maximum atomic E-state index is 12.6. The highest BCUT2D eigenvalue weighted by Crippen LogP contribution is 2.17. The number of nitrogens with zero attached hydrogens (tertiary/aromatic N) is 1. The molecule has 0 radical (unpaired) electrons. The number of carbonyl (C=O) groups excluding carboxylic acids is 2. The summed E-state index contributed by atoms with van der Waals surface area (Å²) >= 11 is 0. The lowest BCUT2D eigenvalue weighted by Crippen LogP contribution is -2.42. The van der Waals surface area contributed by atoms with Gasteiger partial charge in [-0.15, -0.1) is 0 Å². The highest BCUT2D eigenvalue weighted by Gasteiger charge is 2.31. The molecule has 3 unspecified atom stereocenters. The number of benzene rings is 2. The Balaban J connectivity index is 1.25. The molecule has 1 fully saturated rings. The quantitative estimate of drug-likeness (QED) is 0.470. The number of rotatable bonds is 7. The topological polar surface area (TPSA) is 103 Å². The average molecular weight is 418 g/mol. The molecular formula is C24H26N4O3. The number of aromatic nitrogens is 1. The minimum Gasteiger partial charge on any atom is -0.383 e. The van der Waals surface area contributed by atoms with Crippen LogP contribution in [0.3, 0.4) is 0 Å². The number of anilines is 1. The SMILES string of the molecule is O=C(NC1CNC(C(=O)Nc2cnc3ccccc3c2)C1)C(O)CCc1ccccc1. The highest BCUT2D eigenvalue weighted by molar-refractivity contribution is 5.96. The van der Waals surface area contributed by atoms with Crippen molar-refractivity contribution >= 4 is 28.4 Å². The summed E-state index contributed by atoms with van der Waals surface area (Å²) in [6.45, 7) is 0.477. The summed E-state index contributed by atoms with van der Waals surface area (Å²) in [4.78, 5) is 29.3. The fraction of sp³-hybridized carbons (Fsp3) is 0.292. The van der Waals surface area contributed by atoms with Crippen LogP contribution in [-0.2, 0) is 16.0 Å². The van der Waals surface area contributed by atoms with Gasteiger partial charge < -0.3 is 21.1 Å². The lowest BCUT2D eigenvalue weighted by Gasteiger charge is -2.16. The van der Waals surface area contributed by atoms with E-state index in [0.717, 1.165) is 16.5 Å². The van der Waals surface area contributed by atoms with Crippen LogP contribution in [0.25, 0.3) is 10.9 Å². The zero-order valence-electron chi connectivity index (χ0n) is 17.1. The summed E-state index contributed by atoms with van der Waals surface area (Å²) in [5.41, 5.74) is 2.58. The Morgan fingerprint density at radius 3 is 2.74 bits per heavy atom. The number of aliphatic hydroxyl groups excluding tert-OH is 1. The third kappa shape index (κ3) is 5.45. The Morgan fingerprint density at radius 1 is 1.13 bits per heavy atom. The number of hydrogen-bond acceptors (Lipinski definition) is 5. The van der Waals surface area contributed by atoms with Crippen molar-refractivity contribution < 1.29 is 14.7 Å². The van der Waals surface area contributed by atoms with Crippen LogP contribution in [-0.4, -0.2) is 46.6 Å². The van der Waals surface area contributed by atoms with Gasteiger partial charge in [0.2, 0.25) is 11.8 Å². The number of aliphatic hydroxyl groups is 1. The van der Waals surface area contributed by atoms with Crippen LogP contribution in [0.1, 0.15) is 18.4 Å². The van der Waals surface area contributed by atoms with Crippen LogP contribution in [0.5, 0.6) is 0 Å². The van der Waals surface area contributed by atoms with Gasteiger partial charge in [0.1, 0.15) is 6.10 Å². The smallest absolute Gasteiger partial charge is 0.249 e. The van der Waals surface area contributed by atoms with Crippen molar-refractivity contribution in [2.75, 3.05) is 11.9 Å². The van der Waals surface area contributed by atoms with Crippen LogP contribution in [0, 0.1) is 0 Å². The molecule has 160 valence electrons. The third-order valence-electron chi connectivity index (χ3n) is 5.50. The average Bonchev–Trinajstić information content (AvgIpc) is 3.26. The molecule has 0 bridgehead atoms. The van der Waals surface area contributed by atoms with E-state index in [1.54, 1.807) is 6.20 Å². The summed E-state index contributed by atoms with van der Waals surface area (Å²) in [7, 11) is 0. The fourth-order valence-electron chi connectivity index (χ4n) is 3.79. The largest absolute Gasteiger partial charge is 0.383 e. The molecule has 31 heavy (non-hydrogen) atoms. The molecule has 0 spiro atoms. The molecule has 4 N–H and O–H groups in total.